The summed E-state index contributed by atoms with van der Waals surface area (Å²) in [6.07, 6.45) is 2.54. The molecule has 18 heavy (non-hydrogen) atoms. The Balaban J connectivity index is 2.02. The third-order valence-corrected chi connectivity index (χ3v) is 4.61. The zero-order valence-electron chi connectivity index (χ0n) is 11.6. The number of hydrogen-bond donors (Lipinski definition) is 2. The number of fused-ring (bicyclic) bond motifs is 1. The van der Waals surface area contributed by atoms with Crippen molar-refractivity contribution in [1.82, 2.24) is 15.1 Å². The number of hydrogen-bond acceptors (Lipinski definition) is 4. The van der Waals surface area contributed by atoms with Gasteiger partial charge in [0.25, 0.3) is 0 Å². The second-order valence-corrected chi connectivity index (χ2v) is 5.96. The van der Waals surface area contributed by atoms with Crippen molar-refractivity contribution in [1.29, 1.82) is 0 Å². The predicted molar refractivity (Wildman–Crippen MR) is 70.7 cm³/mol. The molecule has 0 aromatic rings. The van der Waals surface area contributed by atoms with Crippen molar-refractivity contribution in [3.8, 4) is 0 Å². The molecule has 0 spiro atoms. The molecule has 2 aliphatic rings. The van der Waals surface area contributed by atoms with E-state index in [1.165, 1.54) is 19.4 Å². The van der Waals surface area contributed by atoms with Gasteiger partial charge in [-0.05, 0) is 40.3 Å². The van der Waals surface area contributed by atoms with Crippen molar-refractivity contribution in [2.24, 2.45) is 0 Å². The normalized spacial score (nSPS) is 33.1. The number of aliphatic carboxylic acids is 1. The molecule has 0 radical (unpaired) electrons. The number of carboxylic acids is 1. The van der Waals surface area contributed by atoms with Gasteiger partial charge in [0.15, 0.2) is 0 Å². The van der Waals surface area contributed by atoms with E-state index in [1.807, 2.05) is 0 Å². The Hall–Kier alpha value is -0.650. The molecule has 3 unspecified atom stereocenters. The van der Waals surface area contributed by atoms with Gasteiger partial charge >= 0.3 is 5.97 Å². The highest BCUT2D eigenvalue weighted by Gasteiger charge is 2.40. The van der Waals surface area contributed by atoms with Crippen LogP contribution in [0.5, 0.6) is 0 Å². The maximum atomic E-state index is 11.4. The first-order valence-electron chi connectivity index (χ1n) is 6.86. The Labute approximate surface area is 109 Å². The standard InChI is InChI=1S/C13H25N3O2/c1-10-7-15-6-4-5-11(15)8-16(10)9-13(2,14-3)12(17)18/h10-11,14H,4-9H2,1-3H3,(H,17,18). The van der Waals surface area contributed by atoms with Crippen LogP contribution < -0.4 is 5.32 Å². The Bertz CT molecular complexity index is 323. The monoisotopic (exact) mass is 255 g/mol. The minimum absolute atomic E-state index is 0.436. The summed E-state index contributed by atoms with van der Waals surface area (Å²) in [5, 5.41) is 12.3. The van der Waals surface area contributed by atoms with E-state index in [0.29, 0.717) is 18.6 Å². The summed E-state index contributed by atoms with van der Waals surface area (Å²) in [5.74, 6) is -0.772. The lowest BCUT2D eigenvalue weighted by atomic mass is 9.99. The van der Waals surface area contributed by atoms with Crippen molar-refractivity contribution >= 4 is 5.97 Å². The van der Waals surface area contributed by atoms with Crippen LogP contribution in [0.2, 0.25) is 0 Å². The highest BCUT2D eigenvalue weighted by Crippen LogP contribution is 2.25. The average molecular weight is 255 g/mol. The molecule has 3 atom stereocenters. The molecular weight excluding hydrogens is 230 g/mol. The van der Waals surface area contributed by atoms with Crippen molar-refractivity contribution in [2.75, 3.05) is 33.2 Å². The van der Waals surface area contributed by atoms with Crippen molar-refractivity contribution in [3.63, 3.8) is 0 Å². The van der Waals surface area contributed by atoms with Gasteiger partial charge in [0.2, 0.25) is 0 Å². The van der Waals surface area contributed by atoms with E-state index < -0.39 is 11.5 Å². The van der Waals surface area contributed by atoms with Crippen LogP contribution in [-0.2, 0) is 4.79 Å². The van der Waals surface area contributed by atoms with Gasteiger partial charge in [-0.2, -0.15) is 0 Å². The summed E-state index contributed by atoms with van der Waals surface area (Å²) >= 11 is 0. The fraction of sp³-hybridized carbons (Fsp3) is 0.923. The minimum atomic E-state index is -0.852. The van der Waals surface area contributed by atoms with E-state index in [2.05, 4.69) is 22.0 Å². The Morgan fingerprint density at radius 3 is 2.83 bits per heavy atom. The molecule has 2 aliphatic heterocycles. The van der Waals surface area contributed by atoms with Crippen LogP contribution in [0.4, 0.5) is 0 Å². The molecule has 104 valence electrons. The second kappa shape index (κ2) is 5.15. The zero-order valence-corrected chi connectivity index (χ0v) is 11.6. The number of carbonyl (C=O) groups is 1. The van der Waals surface area contributed by atoms with Crippen molar-refractivity contribution in [2.45, 2.75) is 44.3 Å². The summed E-state index contributed by atoms with van der Waals surface area (Å²) < 4.78 is 0. The fourth-order valence-corrected chi connectivity index (χ4v) is 3.13. The van der Waals surface area contributed by atoms with E-state index in [-0.39, 0.29) is 0 Å². The van der Waals surface area contributed by atoms with Gasteiger partial charge in [0.05, 0.1) is 0 Å². The van der Waals surface area contributed by atoms with E-state index in [1.54, 1.807) is 14.0 Å². The van der Waals surface area contributed by atoms with Crippen LogP contribution in [0.1, 0.15) is 26.7 Å². The molecular formula is C13H25N3O2. The number of piperazine rings is 1. The fourth-order valence-electron chi connectivity index (χ4n) is 3.13. The Kier molecular flexibility index (Phi) is 3.94. The molecule has 5 heteroatoms. The number of nitrogens with one attached hydrogen (secondary N) is 1. The summed E-state index contributed by atoms with van der Waals surface area (Å²) in [6, 6.07) is 1.07. The molecule has 0 aliphatic carbocycles. The van der Waals surface area contributed by atoms with Gasteiger partial charge in [0.1, 0.15) is 5.54 Å². The average Bonchev–Trinajstić information content (AvgIpc) is 2.76. The highest BCUT2D eigenvalue weighted by atomic mass is 16.4. The number of likely N-dealkylation sites (N-methyl/N-ethyl adjacent to an activating group) is 1. The molecule has 0 bridgehead atoms. The smallest absolute Gasteiger partial charge is 0.324 e. The van der Waals surface area contributed by atoms with Gasteiger partial charge in [-0.25, -0.2) is 0 Å². The summed E-state index contributed by atoms with van der Waals surface area (Å²) in [6.45, 7) is 7.83. The lowest BCUT2D eigenvalue weighted by molar-refractivity contribution is -0.145. The first kappa shape index (κ1) is 13.8. The van der Waals surface area contributed by atoms with Crippen LogP contribution in [0.15, 0.2) is 0 Å². The molecule has 2 heterocycles. The Morgan fingerprint density at radius 1 is 1.50 bits per heavy atom. The number of rotatable bonds is 4. The lowest BCUT2D eigenvalue weighted by Crippen LogP contribution is -2.62. The lowest BCUT2D eigenvalue weighted by Gasteiger charge is -2.44. The molecule has 2 saturated heterocycles. The van der Waals surface area contributed by atoms with Crippen LogP contribution in [0, 0.1) is 0 Å². The third-order valence-electron chi connectivity index (χ3n) is 4.61. The van der Waals surface area contributed by atoms with Crippen molar-refractivity contribution in [3.05, 3.63) is 0 Å². The molecule has 5 nitrogen and oxygen atoms in total. The topological polar surface area (TPSA) is 55.8 Å². The molecule has 2 rings (SSSR count). The first-order valence-corrected chi connectivity index (χ1v) is 6.86. The van der Waals surface area contributed by atoms with Gasteiger partial charge in [-0.15, -0.1) is 0 Å². The van der Waals surface area contributed by atoms with Gasteiger partial charge in [0, 0.05) is 31.7 Å². The van der Waals surface area contributed by atoms with Crippen LogP contribution in [0.3, 0.4) is 0 Å². The zero-order chi connectivity index (χ0) is 13.3. The summed E-state index contributed by atoms with van der Waals surface area (Å²) in [7, 11) is 1.73. The SMILES string of the molecule is CNC(C)(CN1CC2CCCN2CC1C)C(=O)O. The molecule has 0 aromatic heterocycles. The van der Waals surface area contributed by atoms with Crippen LogP contribution >= 0.6 is 0 Å². The van der Waals surface area contributed by atoms with Gasteiger partial charge in [-0.3, -0.25) is 14.6 Å². The summed E-state index contributed by atoms with van der Waals surface area (Å²) in [4.78, 5) is 16.2. The molecule has 0 aromatic carbocycles. The van der Waals surface area contributed by atoms with E-state index >= 15 is 0 Å². The molecule has 0 amide bonds. The third kappa shape index (κ3) is 2.53. The molecule has 2 N–H and O–H groups in total. The van der Waals surface area contributed by atoms with E-state index in [0.717, 1.165) is 13.1 Å². The maximum Gasteiger partial charge on any atom is 0.324 e. The van der Waals surface area contributed by atoms with Crippen molar-refractivity contribution < 1.29 is 9.90 Å². The van der Waals surface area contributed by atoms with Crippen LogP contribution in [-0.4, -0.2) is 71.7 Å². The maximum absolute atomic E-state index is 11.4. The van der Waals surface area contributed by atoms with Gasteiger partial charge < -0.3 is 10.4 Å². The van der Waals surface area contributed by atoms with Gasteiger partial charge in [-0.1, -0.05) is 0 Å². The summed E-state index contributed by atoms with van der Waals surface area (Å²) in [5.41, 5.74) is -0.852. The van der Waals surface area contributed by atoms with E-state index in [4.69, 9.17) is 0 Å². The Morgan fingerprint density at radius 2 is 2.22 bits per heavy atom. The minimum Gasteiger partial charge on any atom is -0.480 e. The quantitative estimate of drug-likeness (QED) is 0.752. The largest absolute Gasteiger partial charge is 0.480 e. The predicted octanol–water partition coefficient (Wildman–Crippen LogP) is 0.218. The molecule has 2 fully saturated rings. The number of carboxylic acid groups (broad SMARTS) is 1. The van der Waals surface area contributed by atoms with E-state index in [9.17, 15) is 9.90 Å². The second-order valence-electron chi connectivity index (χ2n) is 5.96. The highest BCUT2D eigenvalue weighted by molar-refractivity contribution is 5.78. The first-order chi connectivity index (χ1) is 8.46. The van der Waals surface area contributed by atoms with Crippen LogP contribution in [0.25, 0.3) is 0 Å². The molecule has 0 saturated carbocycles. The number of nitrogens with zero attached hydrogens (tertiary/aromatic N) is 2.